The Balaban J connectivity index is 2.04. The number of fused-ring (bicyclic) bond motifs is 1. The van der Waals surface area contributed by atoms with Crippen LogP contribution in [0.25, 0.3) is 11.2 Å². The Morgan fingerprint density at radius 1 is 1.47 bits per heavy atom. The highest BCUT2D eigenvalue weighted by Gasteiger charge is 2.32. The summed E-state index contributed by atoms with van der Waals surface area (Å²) in [5.41, 5.74) is 1.01. The number of nitrogens with one attached hydrogen (secondary N) is 1. The second-order valence-corrected chi connectivity index (χ2v) is 4.57. The molecular weight excluding hydrogens is 288 g/mol. The molecule has 2 aromatic rings. The van der Waals surface area contributed by atoms with E-state index in [1.165, 1.54) is 6.33 Å². The quantitative estimate of drug-likeness (QED) is 0.815. The van der Waals surface area contributed by atoms with Crippen molar-refractivity contribution >= 4 is 38.8 Å². The van der Waals surface area contributed by atoms with Crippen LogP contribution in [0.3, 0.4) is 0 Å². The van der Waals surface area contributed by atoms with E-state index in [0.29, 0.717) is 35.9 Å². The molecule has 0 saturated carbocycles. The van der Waals surface area contributed by atoms with Crippen LogP contribution in [0.1, 0.15) is 6.42 Å². The molecule has 1 N–H and O–H groups in total. The summed E-state index contributed by atoms with van der Waals surface area (Å²) in [5, 5.41) is 11.2. The van der Waals surface area contributed by atoms with E-state index in [2.05, 4.69) is 41.3 Å². The van der Waals surface area contributed by atoms with Gasteiger partial charge in [0.05, 0.1) is 0 Å². The summed E-state index contributed by atoms with van der Waals surface area (Å²) in [6.45, 7) is 0.656. The Kier molecular flexibility index (Phi) is 2.50. The van der Waals surface area contributed by atoms with Gasteiger partial charge < -0.3 is 0 Å². The Morgan fingerprint density at radius 3 is 3.12 bits per heavy atom. The third-order valence-corrected chi connectivity index (χ3v) is 3.70. The minimum Gasteiger partial charge on any atom is -0.294 e. The summed E-state index contributed by atoms with van der Waals surface area (Å²) in [6, 6.07) is 0. The SMILES string of the molecule is O=C1CC(CBr)CN1c1ncnc2n[nH]nc12. The lowest BCUT2D eigenvalue weighted by Gasteiger charge is -2.14. The number of carbonyl (C=O) groups excluding carboxylic acids is 1. The molecule has 3 rings (SSSR count). The molecule has 1 saturated heterocycles. The maximum Gasteiger partial charge on any atom is 0.228 e. The summed E-state index contributed by atoms with van der Waals surface area (Å²) < 4.78 is 0. The smallest absolute Gasteiger partial charge is 0.228 e. The third-order valence-electron chi connectivity index (χ3n) is 2.78. The van der Waals surface area contributed by atoms with Crippen LogP contribution in [-0.4, -0.2) is 43.2 Å². The van der Waals surface area contributed by atoms with Gasteiger partial charge >= 0.3 is 0 Å². The molecule has 0 aromatic carbocycles. The van der Waals surface area contributed by atoms with Crippen LogP contribution in [0.5, 0.6) is 0 Å². The standard InChI is InChI=1S/C9H9BrN6O/c10-2-5-1-6(17)16(3-5)9-7-8(11-4-12-9)14-15-13-7/h4-5H,1-3H2,(H,11,12,13,14,15). The molecule has 1 aliphatic rings. The predicted octanol–water partition coefficient (Wildman–Crippen LogP) is 0.496. The molecule has 1 unspecified atom stereocenters. The van der Waals surface area contributed by atoms with E-state index in [1.807, 2.05) is 0 Å². The van der Waals surface area contributed by atoms with Crippen LogP contribution in [0.2, 0.25) is 0 Å². The van der Waals surface area contributed by atoms with E-state index in [9.17, 15) is 4.79 Å². The topological polar surface area (TPSA) is 87.7 Å². The summed E-state index contributed by atoms with van der Waals surface area (Å²) in [4.78, 5) is 21.7. The van der Waals surface area contributed by atoms with Crippen molar-refractivity contribution < 1.29 is 4.79 Å². The molecule has 88 valence electrons. The van der Waals surface area contributed by atoms with Gasteiger partial charge in [-0.15, -0.1) is 5.10 Å². The molecule has 0 spiro atoms. The molecule has 3 heterocycles. The van der Waals surface area contributed by atoms with E-state index in [-0.39, 0.29) is 5.91 Å². The summed E-state index contributed by atoms with van der Waals surface area (Å²) >= 11 is 3.40. The van der Waals surface area contributed by atoms with Crippen molar-refractivity contribution in [3.63, 3.8) is 0 Å². The van der Waals surface area contributed by atoms with E-state index in [4.69, 9.17) is 0 Å². The fourth-order valence-corrected chi connectivity index (χ4v) is 2.39. The molecule has 0 bridgehead atoms. The number of anilines is 1. The largest absolute Gasteiger partial charge is 0.294 e. The Labute approximate surface area is 105 Å². The van der Waals surface area contributed by atoms with Gasteiger partial charge in [0.2, 0.25) is 11.6 Å². The van der Waals surface area contributed by atoms with Crippen LogP contribution in [0.4, 0.5) is 5.82 Å². The number of amides is 1. The van der Waals surface area contributed by atoms with Crippen LogP contribution in [0, 0.1) is 5.92 Å². The van der Waals surface area contributed by atoms with E-state index < -0.39 is 0 Å². The number of rotatable bonds is 2. The van der Waals surface area contributed by atoms with Gasteiger partial charge in [-0.2, -0.15) is 10.3 Å². The first-order valence-electron chi connectivity index (χ1n) is 5.17. The van der Waals surface area contributed by atoms with Crippen LogP contribution < -0.4 is 4.90 Å². The second kappa shape index (κ2) is 4.02. The summed E-state index contributed by atoms with van der Waals surface area (Å²) in [7, 11) is 0. The Hall–Kier alpha value is -1.57. The maximum absolute atomic E-state index is 11.9. The van der Waals surface area contributed by atoms with Crippen LogP contribution in [0.15, 0.2) is 6.33 Å². The minimum absolute atomic E-state index is 0.0671. The monoisotopic (exact) mass is 296 g/mol. The maximum atomic E-state index is 11.9. The van der Waals surface area contributed by atoms with Crippen molar-refractivity contribution in [1.29, 1.82) is 0 Å². The molecule has 7 nitrogen and oxygen atoms in total. The fraction of sp³-hybridized carbons (Fsp3) is 0.444. The molecule has 1 amide bonds. The van der Waals surface area contributed by atoms with Crippen molar-refractivity contribution in [2.24, 2.45) is 5.92 Å². The number of hydrogen-bond donors (Lipinski definition) is 1. The molecule has 1 fully saturated rings. The van der Waals surface area contributed by atoms with Gasteiger partial charge in [0.25, 0.3) is 0 Å². The molecule has 1 aliphatic heterocycles. The van der Waals surface area contributed by atoms with Gasteiger partial charge in [-0.1, -0.05) is 15.9 Å². The Morgan fingerprint density at radius 2 is 2.35 bits per heavy atom. The average Bonchev–Trinajstić information content (AvgIpc) is 2.94. The molecule has 0 aliphatic carbocycles. The first kappa shape index (κ1) is 10.6. The number of hydrogen-bond acceptors (Lipinski definition) is 5. The van der Waals surface area contributed by atoms with Crippen molar-refractivity contribution in [2.75, 3.05) is 16.8 Å². The van der Waals surface area contributed by atoms with Crippen molar-refractivity contribution in [1.82, 2.24) is 25.4 Å². The van der Waals surface area contributed by atoms with Gasteiger partial charge in [0, 0.05) is 18.3 Å². The number of halogens is 1. The Bertz CT molecular complexity index is 569. The fourth-order valence-electron chi connectivity index (χ4n) is 1.95. The molecular formula is C9H9BrN6O. The van der Waals surface area contributed by atoms with Crippen molar-refractivity contribution in [3.05, 3.63) is 6.33 Å². The summed E-state index contributed by atoms with van der Waals surface area (Å²) in [5.74, 6) is 0.925. The molecule has 17 heavy (non-hydrogen) atoms. The minimum atomic E-state index is 0.0671. The highest BCUT2D eigenvalue weighted by molar-refractivity contribution is 9.09. The second-order valence-electron chi connectivity index (χ2n) is 3.92. The zero-order chi connectivity index (χ0) is 11.8. The van der Waals surface area contributed by atoms with Crippen LogP contribution in [-0.2, 0) is 4.79 Å². The molecule has 2 aromatic heterocycles. The average molecular weight is 297 g/mol. The predicted molar refractivity (Wildman–Crippen MR) is 63.7 cm³/mol. The lowest BCUT2D eigenvalue weighted by Crippen LogP contribution is -2.26. The van der Waals surface area contributed by atoms with E-state index >= 15 is 0 Å². The number of alkyl halides is 1. The zero-order valence-electron chi connectivity index (χ0n) is 8.80. The van der Waals surface area contributed by atoms with Crippen molar-refractivity contribution in [2.45, 2.75) is 6.42 Å². The number of H-pyrrole nitrogens is 1. The number of nitrogens with zero attached hydrogens (tertiary/aromatic N) is 5. The molecule has 0 radical (unpaired) electrons. The van der Waals surface area contributed by atoms with Gasteiger partial charge in [-0.3, -0.25) is 9.69 Å². The first-order chi connectivity index (χ1) is 8.29. The van der Waals surface area contributed by atoms with Gasteiger partial charge in [-0.05, 0) is 5.92 Å². The number of aromatic amines is 1. The highest BCUT2D eigenvalue weighted by Crippen LogP contribution is 2.27. The zero-order valence-corrected chi connectivity index (χ0v) is 10.4. The van der Waals surface area contributed by atoms with E-state index in [0.717, 1.165) is 5.33 Å². The molecule has 1 atom stereocenters. The van der Waals surface area contributed by atoms with Gasteiger partial charge in [-0.25, -0.2) is 9.97 Å². The summed E-state index contributed by atoms with van der Waals surface area (Å²) in [6.07, 6.45) is 1.93. The first-order valence-corrected chi connectivity index (χ1v) is 6.29. The highest BCUT2D eigenvalue weighted by atomic mass is 79.9. The lowest BCUT2D eigenvalue weighted by atomic mass is 10.2. The number of carbonyl (C=O) groups is 1. The van der Waals surface area contributed by atoms with Crippen LogP contribution >= 0.6 is 15.9 Å². The molecule has 8 heteroatoms. The third kappa shape index (κ3) is 1.68. The van der Waals surface area contributed by atoms with Gasteiger partial charge in [0.15, 0.2) is 11.3 Å². The lowest BCUT2D eigenvalue weighted by molar-refractivity contribution is -0.117. The normalized spacial score (nSPS) is 20.4. The van der Waals surface area contributed by atoms with E-state index in [1.54, 1.807) is 4.90 Å². The van der Waals surface area contributed by atoms with Crippen molar-refractivity contribution in [3.8, 4) is 0 Å². The number of aromatic nitrogens is 5. The van der Waals surface area contributed by atoms with Gasteiger partial charge in [0.1, 0.15) is 6.33 Å².